The number of nitrogens with one attached hydrogen (secondary N) is 1. The third-order valence-electron chi connectivity index (χ3n) is 6.71. The molecule has 0 aliphatic carbocycles. The molecule has 2 fully saturated rings. The second-order valence-electron chi connectivity index (χ2n) is 9.24. The summed E-state index contributed by atoms with van der Waals surface area (Å²) in [6, 6.07) is 7.40. The summed E-state index contributed by atoms with van der Waals surface area (Å²) >= 11 is 5.94. The van der Waals surface area contributed by atoms with Crippen LogP contribution in [0.1, 0.15) is 44.9 Å². The summed E-state index contributed by atoms with van der Waals surface area (Å²) in [6.07, 6.45) is 5.38. The van der Waals surface area contributed by atoms with Crippen molar-refractivity contribution in [2.24, 2.45) is 11.8 Å². The number of hydrogen-bond donors (Lipinski definition) is 1. The number of benzene rings is 1. The highest BCUT2D eigenvalue weighted by molar-refractivity contribution is 6.30. The normalized spacial score (nSPS) is 19.3. The summed E-state index contributed by atoms with van der Waals surface area (Å²) in [6.45, 7) is 8.95. The molecule has 1 amide bonds. The maximum Gasteiger partial charge on any atom is 0.241 e. The minimum Gasteiger partial charge on any atom is -0.356 e. The van der Waals surface area contributed by atoms with Crippen molar-refractivity contribution in [1.82, 2.24) is 25.3 Å². The van der Waals surface area contributed by atoms with Crippen molar-refractivity contribution >= 4 is 17.5 Å². The van der Waals surface area contributed by atoms with Crippen LogP contribution in [0.5, 0.6) is 0 Å². The summed E-state index contributed by atoms with van der Waals surface area (Å²) in [7, 11) is 0. The molecule has 2 saturated heterocycles. The number of carbonyl (C=O) groups excluding carboxylic acids is 1. The molecule has 0 bridgehead atoms. The molecule has 0 spiro atoms. The third-order valence-corrected chi connectivity index (χ3v) is 6.97. The molecule has 0 atom stereocenters. The topological polar surface area (TPSA) is 74.5 Å². The van der Waals surface area contributed by atoms with Crippen LogP contribution in [-0.4, -0.2) is 65.1 Å². The Morgan fingerprint density at radius 3 is 2.50 bits per heavy atom. The van der Waals surface area contributed by atoms with E-state index >= 15 is 0 Å². The molecular weight excluding hydrogens is 426 g/mol. The zero-order valence-electron chi connectivity index (χ0n) is 18.9. The lowest BCUT2D eigenvalue weighted by Gasteiger charge is -2.31. The molecule has 1 aromatic heterocycles. The molecule has 174 valence electrons. The fraction of sp³-hybridized carbons (Fsp3) is 0.625. The largest absolute Gasteiger partial charge is 0.356 e. The minimum absolute atomic E-state index is 0.106. The first kappa shape index (κ1) is 23.2. The van der Waals surface area contributed by atoms with E-state index in [0.717, 1.165) is 56.9 Å². The van der Waals surface area contributed by atoms with Crippen LogP contribution in [0, 0.1) is 11.8 Å². The number of amides is 1. The molecule has 8 heteroatoms. The third kappa shape index (κ3) is 6.53. The molecule has 3 heterocycles. The fourth-order valence-electron chi connectivity index (χ4n) is 4.52. The molecular formula is C24H34ClN5O2. The zero-order chi connectivity index (χ0) is 22.3. The van der Waals surface area contributed by atoms with E-state index < -0.39 is 0 Å². The predicted octanol–water partition coefficient (Wildman–Crippen LogP) is 3.84. The van der Waals surface area contributed by atoms with E-state index in [9.17, 15) is 4.79 Å². The van der Waals surface area contributed by atoms with Gasteiger partial charge in [0.2, 0.25) is 17.6 Å². The Morgan fingerprint density at radius 2 is 1.78 bits per heavy atom. The van der Waals surface area contributed by atoms with Gasteiger partial charge in [0.25, 0.3) is 0 Å². The second-order valence-corrected chi connectivity index (χ2v) is 9.67. The Bertz CT molecular complexity index is 856. The highest BCUT2D eigenvalue weighted by Crippen LogP contribution is 2.22. The van der Waals surface area contributed by atoms with Crippen molar-refractivity contribution in [3.8, 4) is 11.4 Å². The van der Waals surface area contributed by atoms with Gasteiger partial charge in [-0.25, -0.2) is 0 Å². The van der Waals surface area contributed by atoms with Gasteiger partial charge in [0.15, 0.2) is 0 Å². The Hall–Kier alpha value is -1.96. The molecule has 2 aliphatic rings. The number of piperidine rings is 2. The van der Waals surface area contributed by atoms with Gasteiger partial charge in [-0.2, -0.15) is 4.98 Å². The van der Waals surface area contributed by atoms with Gasteiger partial charge in [0.05, 0.1) is 6.54 Å². The average molecular weight is 460 g/mol. The first-order valence-electron chi connectivity index (χ1n) is 11.9. The van der Waals surface area contributed by atoms with E-state index in [2.05, 4.69) is 32.2 Å². The highest BCUT2D eigenvalue weighted by atomic mass is 35.5. The number of halogens is 1. The van der Waals surface area contributed by atoms with Crippen LogP contribution >= 0.6 is 11.6 Å². The van der Waals surface area contributed by atoms with Gasteiger partial charge in [0.1, 0.15) is 0 Å². The Balaban J connectivity index is 1.14. The lowest BCUT2D eigenvalue weighted by molar-refractivity contribution is -0.126. The van der Waals surface area contributed by atoms with E-state index in [-0.39, 0.29) is 11.8 Å². The van der Waals surface area contributed by atoms with E-state index in [1.54, 1.807) is 0 Å². The van der Waals surface area contributed by atoms with Crippen molar-refractivity contribution in [3.05, 3.63) is 35.2 Å². The van der Waals surface area contributed by atoms with Gasteiger partial charge in [-0.3, -0.25) is 9.69 Å². The summed E-state index contributed by atoms with van der Waals surface area (Å²) in [5.74, 6) is 2.35. The molecule has 32 heavy (non-hydrogen) atoms. The SMILES string of the molecule is CC1CCN(CCCNC(=O)C2CCN(Cc3nc(-c4ccc(Cl)cc4)no3)CC2)CC1. The first-order valence-corrected chi connectivity index (χ1v) is 12.3. The van der Waals surface area contributed by atoms with Crippen LogP contribution in [0.15, 0.2) is 28.8 Å². The number of carbonyl (C=O) groups is 1. The lowest BCUT2D eigenvalue weighted by Crippen LogP contribution is -2.41. The van der Waals surface area contributed by atoms with E-state index in [1.165, 1.54) is 25.9 Å². The molecule has 0 saturated carbocycles. The Morgan fingerprint density at radius 1 is 1.09 bits per heavy atom. The van der Waals surface area contributed by atoms with Crippen LogP contribution in [0.3, 0.4) is 0 Å². The predicted molar refractivity (Wildman–Crippen MR) is 125 cm³/mol. The standard InChI is InChI=1S/C24H34ClN5O2/c1-18-7-13-29(14-8-18)12-2-11-26-24(31)20-9-15-30(16-10-20)17-22-27-23(28-32-22)19-3-5-21(25)6-4-19/h3-6,18,20H,2,7-17H2,1H3,(H,26,31). The number of hydrogen-bond acceptors (Lipinski definition) is 6. The molecule has 4 rings (SSSR count). The molecule has 1 N–H and O–H groups in total. The number of nitrogens with zero attached hydrogens (tertiary/aromatic N) is 4. The van der Waals surface area contributed by atoms with Crippen LogP contribution in [-0.2, 0) is 11.3 Å². The van der Waals surface area contributed by atoms with Crippen molar-refractivity contribution < 1.29 is 9.32 Å². The average Bonchev–Trinajstić information content (AvgIpc) is 3.27. The van der Waals surface area contributed by atoms with Crippen LogP contribution in [0.2, 0.25) is 5.02 Å². The quantitative estimate of drug-likeness (QED) is 0.604. The van der Waals surface area contributed by atoms with Gasteiger partial charge in [-0.1, -0.05) is 23.7 Å². The first-order chi connectivity index (χ1) is 15.6. The van der Waals surface area contributed by atoms with E-state index in [4.69, 9.17) is 16.1 Å². The van der Waals surface area contributed by atoms with Crippen LogP contribution < -0.4 is 5.32 Å². The number of aromatic nitrogens is 2. The highest BCUT2D eigenvalue weighted by Gasteiger charge is 2.26. The van der Waals surface area contributed by atoms with Crippen LogP contribution in [0.25, 0.3) is 11.4 Å². The van der Waals surface area contributed by atoms with Gasteiger partial charge >= 0.3 is 0 Å². The number of rotatable bonds is 8. The van der Waals surface area contributed by atoms with Crippen molar-refractivity contribution in [3.63, 3.8) is 0 Å². The molecule has 7 nitrogen and oxygen atoms in total. The molecule has 0 unspecified atom stereocenters. The fourth-order valence-corrected chi connectivity index (χ4v) is 4.65. The molecule has 2 aromatic rings. The summed E-state index contributed by atoms with van der Waals surface area (Å²) < 4.78 is 5.43. The Labute approximate surface area is 195 Å². The van der Waals surface area contributed by atoms with Gasteiger partial charge in [-0.05, 0) is 95.0 Å². The van der Waals surface area contributed by atoms with Gasteiger partial charge < -0.3 is 14.7 Å². The zero-order valence-corrected chi connectivity index (χ0v) is 19.7. The van der Waals surface area contributed by atoms with Gasteiger partial charge in [0, 0.05) is 23.0 Å². The molecule has 1 aromatic carbocycles. The summed E-state index contributed by atoms with van der Waals surface area (Å²) in [5, 5.41) is 7.92. The second kappa shape index (κ2) is 11.3. The summed E-state index contributed by atoms with van der Waals surface area (Å²) in [5.41, 5.74) is 0.884. The van der Waals surface area contributed by atoms with Crippen molar-refractivity contribution in [2.45, 2.75) is 45.6 Å². The lowest BCUT2D eigenvalue weighted by atomic mass is 9.96. The number of likely N-dealkylation sites (tertiary alicyclic amines) is 2. The van der Waals surface area contributed by atoms with Crippen molar-refractivity contribution in [2.75, 3.05) is 39.3 Å². The molecule has 2 aliphatic heterocycles. The molecule has 0 radical (unpaired) electrons. The smallest absolute Gasteiger partial charge is 0.241 e. The summed E-state index contributed by atoms with van der Waals surface area (Å²) in [4.78, 5) is 21.9. The maximum atomic E-state index is 12.5. The van der Waals surface area contributed by atoms with Crippen LogP contribution in [0.4, 0.5) is 0 Å². The monoisotopic (exact) mass is 459 g/mol. The maximum absolute atomic E-state index is 12.5. The van der Waals surface area contributed by atoms with E-state index in [0.29, 0.717) is 23.3 Å². The Kier molecular flexibility index (Phi) is 8.16. The van der Waals surface area contributed by atoms with Crippen molar-refractivity contribution in [1.29, 1.82) is 0 Å². The van der Waals surface area contributed by atoms with Gasteiger partial charge in [-0.15, -0.1) is 0 Å². The minimum atomic E-state index is 0.106. The van der Waals surface area contributed by atoms with E-state index in [1.807, 2.05) is 24.3 Å².